The van der Waals surface area contributed by atoms with Gasteiger partial charge in [0.2, 0.25) is 0 Å². The third-order valence-electron chi connectivity index (χ3n) is 3.15. The van der Waals surface area contributed by atoms with Crippen molar-refractivity contribution in [1.29, 1.82) is 0 Å². The standard InChI is InChI=1S/C18H30O3/c19-17-15-13-11-9-7-5-3-1-2-4-6-8-10-12-14-16-18(20)21/h1-3,5,7,9,19H,4,6,8,10-17H2,(H,20,21)/b2-1-,5-3+,9-7-. The van der Waals surface area contributed by atoms with E-state index in [1.807, 2.05) is 18.2 Å². The van der Waals surface area contributed by atoms with Crippen LogP contribution in [0.2, 0.25) is 0 Å². The second-order valence-electron chi connectivity index (χ2n) is 5.16. The van der Waals surface area contributed by atoms with Crippen LogP contribution < -0.4 is 0 Å². The Labute approximate surface area is 129 Å². The van der Waals surface area contributed by atoms with E-state index in [2.05, 4.69) is 18.2 Å². The summed E-state index contributed by atoms with van der Waals surface area (Å²) in [6, 6.07) is 0. The largest absolute Gasteiger partial charge is 0.481 e. The van der Waals surface area contributed by atoms with Gasteiger partial charge in [0.15, 0.2) is 0 Å². The molecular formula is C18H30O3. The maximum atomic E-state index is 10.3. The van der Waals surface area contributed by atoms with Crippen molar-refractivity contribution >= 4 is 5.97 Å². The third kappa shape index (κ3) is 18.6. The summed E-state index contributed by atoms with van der Waals surface area (Å²) in [5.74, 6) is -0.688. The lowest BCUT2D eigenvalue weighted by Crippen LogP contribution is -1.93. The minimum atomic E-state index is -0.688. The van der Waals surface area contributed by atoms with Gasteiger partial charge >= 0.3 is 5.97 Å². The summed E-state index contributed by atoms with van der Waals surface area (Å²) in [6.45, 7) is 0.284. The Balaban J connectivity index is 3.30. The Kier molecular flexibility index (Phi) is 15.6. The van der Waals surface area contributed by atoms with Gasteiger partial charge in [-0.1, -0.05) is 55.7 Å². The van der Waals surface area contributed by atoms with Gasteiger partial charge in [0.25, 0.3) is 0 Å². The van der Waals surface area contributed by atoms with E-state index in [-0.39, 0.29) is 6.61 Å². The summed E-state index contributed by atoms with van der Waals surface area (Å²) in [7, 11) is 0. The number of allylic oxidation sites excluding steroid dienone is 6. The fraction of sp³-hybridized carbons (Fsp3) is 0.611. The number of carbonyl (C=O) groups is 1. The van der Waals surface area contributed by atoms with Gasteiger partial charge in [-0.05, 0) is 38.5 Å². The smallest absolute Gasteiger partial charge is 0.303 e. The van der Waals surface area contributed by atoms with E-state index in [1.165, 1.54) is 12.8 Å². The molecule has 0 rings (SSSR count). The quantitative estimate of drug-likeness (QED) is 0.362. The van der Waals surface area contributed by atoms with Gasteiger partial charge in [-0.15, -0.1) is 0 Å². The predicted octanol–water partition coefficient (Wildman–Crippen LogP) is 4.63. The highest BCUT2D eigenvalue weighted by Crippen LogP contribution is 2.07. The molecule has 0 aliphatic carbocycles. The van der Waals surface area contributed by atoms with E-state index < -0.39 is 5.97 Å². The summed E-state index contributed by atoms with van der Waals surface area (Å²) in [5, 5.41) is 17.1. The van der Waals surface area contributed by atoms with Crippen LogP contribution in [-0.2, 0) is 4.79 Å². The molecule has 0 radical (unpaired) electrons. The van der Waals surface area contributed by atoms with Gasteiger partial charge in [-0.25, -0.2) is 0 Å². The first-order valence-corrected chi connectivity index (χ1v) is 8.08. The summed E-state index contributed by atoms with van der Waals surface area (Å²) < 4.78 is 0. The summed E-state index contributed by atoms with van der Waals surface area (Å²) in [4.78, 5) is 10.3. The number of hydrogen-bond acceptors (Lipinski definition) is 2. The molecular weight excluding hydrogens is 264 g/mol. The van der Waals surface area contributed by atoms with E-state index in [0.29, 0.717) is 6.42 Å². The maximum absolute atomic E-state index is 10.3. The summed E-state index contributed by atoms with van der Waals surface area (Å²) >= 11 is 0. The second-order valence-corrected chi connectivity index (χ2v) is 5.16. The van der Waals surface area contributed by atoms with Gasteiger partial charge < -0.3 is 10.2 Å². The SMILES string of the molecule is O=C(O)CCCCCCC\C=C/C=C/C=C\CCCCO. The second kappa shape index (κ2) is 16.7. The number of aliphatic hydroxyl groups is 1. The number of hydrogen-bond donors (Lipinski definition) is 2. The molecule has 120 valence electrons. The molecule has 0 aromatic heterocycles. The molecule has 0 unspecified atom stereocenters. The van der Waals surface area contributed by atoms with E-state index in [0.717, 1.165) is 44.9 Å². The molecule has 0 saturated heterocycles. The molecule has 0 aliphatic rings. The van der Waals surface area contributed by atoms with Crippen molar-refractivity contribution in [2.24, 2.45) is 0 Å². The van der Waals surface area contributed by atoms with E-state index in [9.17, 15) is 4.79 Å². The molecule has 0 saturated carbocycles. The summed E-state index contributed by atoms with van der Waals surface area (Å²) in [5.41, 5.74) is 0. The molecule has 3 nitrogen and oxygen atoms in total. The van der Waals surface area contributed by atoms with Crippen LogP contribution in [0, 0.1) is 0 Å². The van der Waals surface area contributed by atoms with Crippen LogP contribution in [-0.4, -0.2) is 22.8 Å². The molecule has 2 N–H and O–H groups in total. The molecule has 0 aromatic carbocycles. The highest BCUT2D eigenvalue weighted by atomic mass is 16.4. The maximum Gasteiger partial charge on any atom is 0.303 e. The first-order valence-electron chi connectivity index (χ1n) is 8.08. The molecule has 3 heteroatoms. The normalized spacial score (nSPS) is 12.0. The number of unbranched alkanes of at least 4 members (excludes halogenated alkanes) is 7. The molecule has 0 amide bonds. The molecule has 0 aliphatic heterocycles. The Morgan fingerprint density at radius 3 is 1.81 bits per heavy atom. The topological polar surface area (TPSA) is 57.5 Å². The van der Waals surface area contributed by atoms with Crippen molar-refractivity contribution in [2.45, 2.75) is 64.2 Å². The van der Waals surface area contributed by atoms with Crippen molar-refractivity contribution in [2.75, 3.05) is 6.61 Å². The van der Waals surface area contributed by atoms with Gasteiger partial charge in [-0.3, -0.25) is 4.79 Å². The van der Waals surface area contributed by atoms with Crippen LogP contribution in [0.15, 0.2) is 36.5 Å². The number of carboxylic acids is 1. The average molecular weight is 294 g/mol. The Bertz CT molecular complexity index is 316. The lowest BCUT2D eigenvalue weighted by Gasteiger charge is -1.97. The van der Waals surface area contributed by atoms with Crippen molar-refractivity contribution in [3.63, 3.8) is 0 Å². The first-order chi connectivity index (χ1) is 10.3. The molecule has 0 atom stereocenters. The van der Waals surface area contributed by atoms with Crippen LogP contribution in [0.4, 0.5) is 0 Å². The number of rotatable bonds is 14. The Morgan fingerprint density at radius 2 is 1.24 bits per heavy atom. The van der Waals surface area contributed by atoms with Crippen molar-refractivity contribution in [3.05, 3.63) is 36.5 Å². The predicted molar refractivity (Wildman–Crippen MR) is 88.3 cm³/mol. The zero-order valence-electron chi connectivity index (χ0n) is 13.0. The zero-order chi connectivity index (χ0) is 15.6. The molecule has 21 heavy (non-hydrogen) atoms. The third-order valence-corrected chi connectivity index (χ3v) is 3.15. The number of carboxylic acid groups (broad SMARTS) is 1. The van der Waals surface area contributed by atoms with Crippen LogP contribution in [0.5, 0.6) is 0 Å². The van der Waals surface area contributed by atoms with Crippen LogP contribution in [0.3, 0.4) is 0 Å². The lowest BCUT2D eigenvalue weighted by molar-refractivity contribution is -0.137. The number of aliphatic hydroxyl groups excluding tert-OH is 1. The molecule has 0 heterocycles. The highest BCUT2D eigenvalue weighted by molar-refractivity contribution is 5.66. The molecule has 0 fully saturated rings. The lowest BCUT2D eigenvalue weighted by atomic mass is 10.1. The van der Waals surface area contributed by atoms with Crippen molar-refractivity contribution in [1.82, 2.24) is 0 Å². The molecule has 0 bridgehead atoms. The summed E-state index contributed by atoms with van der Waals surface area (Å²) in [6.07, 6.45) is 22.1. The van der Waals surface area contributed by atoms with Crippen molar-refractivity contribution in [3.8, 4) is 0 Å². The Morgan fingerprint density at radius 1 is 0.714 bits per heavy atom. The number of aliphatic carboxylic acids is 1. The minimum Gasteiger partial charge on any atom is -0.481 e. The molecule has 0 spiro atoms. The highest BCUT2D eigenvalue weighted by Gasteiger charge is 1.95. The Hall–Kier alpha value is -1.35. The fourth-order valence-corrected chi connectivity index (χ4v) is 1.92. The average Bonchev–Trinajstić information content (AvgIpc) is 2.46. The molecule has 0 aromatic rings. The van der Waals surface area contributed by atoms with Crippen LogP contribution in [0.1, 0.15) is 64.2 Å². The van der Waals surface area contributed by atoms with E-state index in [4.69, 9.17) is 10.2 Å². The zero-order valence-corrected chi connectivity index (χ0v) is 13.0. The minimum absolute atomic E-state index is 0.284. The van der Waals surface area contributed by atoms with Crippen LogP contribution in [0.25, 0.3) is 0 Å². The van der Waals surface area contributed by atoms with E-state index in [1.54, 1.807) is 0 Å². The van der Waals surface area contributed by atoms with Gasteiger partial charge in [0, 0.05) is 13.0 Å². The van der Waals surface area contributed by atoms with Crippen molar-refractivity contribution < 1.29 is 15.0 Å². The van der Waals surface area contributed by atoms with E-state index >= 15 is 0 Å². The van der Waals surface area contributed by atoms with Crippen LogP contribution >= 0.6 is 0 Å². The van der Waals surface area contributed by atoms with Gasteiger partial charge in [0.1, 0.15) is 0 Å². The fourth-order valence-electron chi connectivity index (χ4n) is 1.92. The monoisotopic (exact) mass is 294 g/mol. The van der Waals surface area contributed by atoms with Gasteiger partial charge in [0.05, 0.1) is 0 Å². The van der Waals surface area contributed by atoms with Gasteiger partial charge in [-0.2, -0.15) is 0 Å². The first kappa shape index (κ1) is 19.7.